The molecule has 0 unspecified atom stereocenters. The molecule has 0 atom stereocenters. The molecule has 0 saturated carbocycles. The molecule has 0 spiro atoms. The van der Waals surface area contributed by atoms with Crippen molar-refractivity contribution in [2.45, 2.75) is 6.92 Å². The number of nitrogens with one attached hydrogen (secondary N) is 2. The molecule has 0 fully saturated rings. The lowest BCUT2D eigenvalue weighted by atomic mass is 10.1. The van der Waals surface area contributed by atoms with Crippen molar-refractivity contribution < 1.29 is 0 Å². The first-order valence-corrected chi connectivity index (χ1v) is 6.41. The van der Waals surface area contributed by atoms with Gasteiger partial charge in [0, 0.05) is 17.8 Å². The molecule has 0 amide bonds. The molecule has 4 heteroatoms. The normalized spacial score (nSPS) is 11.2. The molecule has 2 rings (SSSR count). The summed E-state index contributed by atoms with van der Waals surface area (Å²) in [6, 6.07) is 15.6. The number of rotatable bonds is 4. The summed E-state index contributed by atoms with van der Waals surface area (Å²) in [7, 11) is 1.90. The number of hydrogen-bond donors (Lipinski definition) is 2. The van der Waals surface area contributed by atoms with Crippen molar-refractivity contribution in [2.75, 3.05) is 17.8 Å². The van der Waals surface area contributed by atoms with Gasteiger partial charge in [-0.05, 0) is 48.9 Å². The summed E-state index contributed by atoms with van der Waals surface area (Å²) >= 11 is 5.83. The standard InChI is InChI=1S/C15H16ClN3/c1-11(12-3-7-14(17-2)8-4-12)18-19-15-9-5-13(16)6-10-15/h3-10,17,19H,1-2H3/b18-11-. The van der Waals surface area contributed by atoms with E-state index in [2.05, 4.69) is 15.8 Å². The van der Waals surface area contributed by atoms with Crippen LogP contribution in [-0.4, -0.2) is 12.8 Å². The van der Waals surface area contributed by atoms with Gasteiger partial charge in [-0.25, -0.2) is 0 Å². The van der Waals surface area contributed by atoms with E-state index >= 15 is 0 Å². The first kappa shape index (κ1) is 13.4. The Hall–Kier alpha value is -2.00. The van der Waals surface area contributed by atoms with Gasteiger partial charge in [-0.15, -0.1) is 0 Å². The number of nitrogens with zero attached hydrogens (tertiary/aromatic N) is 1. The van der Waals surface area contributed by atoms with E-state index in [9.17, 15) is 0 Å². The van der Waals surface area contributed by atoms with Crippen LogP contribution in [0.15, 0.2) is 53.6 Å². The highest BCUT2D eigenvalue weighted by molar-refractivity contribution is 6.30. The Morgan fingerprint density at radius 2 is 1.53 bits per heavy atom. The lowest BCUT2D eigenvalue weighted by Gasteiger charge is -2.05. The van der Waals surface area contributed by atoms with Crippen molar-refractivity contribution in [3.63, 3.8) is 0 Å². The van der Waals surface area contributed by atoms with Crippen LogP contribution in [0.2, 0.25) is 5.02 Å². The van der Waals surface area contributed by atoms with Gasteiger partial charge in [0.15, 0.2) is 0 Å². The van der Waals surface area contributed by atoms with Crippen molar-refractivity contribution in [3.8, 4) is 0 Å². The molecule has 2 N–H and O–H groups in total. The molecule has 3 nitrogen and oxygen atoms in total. The second-order valence-corrected chi connectivity index (χ2v) is 4.58. The van der Waals surface area contributed by atoms with Gasteiger partial charge in [0.2, 0.25) is 0 Å². The number of halogens is 1. The Labute approximate surface area is 118 Å². The third kappa shape index (κ3) is 3.73. The molecule has 0 aromatic heterocycles. The topological polar surface area (TPSA) is 36.4 Å². The average Bonchev–Trinajstić information content (AvgIpc) is 2.46. The van der Waals surface area contributed by atoms with Crippen LogP contribution in [0, 0.1) is 0 Å². The lowest BCUT2D eigenvalue weighted by Crippen LogP contribution is -2.00. The minimum Gasteiger partial charge on any atom is -0.388 e. The van der Waals surface area contributed by atoms with Crippen molar-refractivity contribution in [1.82, 2.24) is 0 Å². The van der Waals surface area contributed by atoms with Crippen LogP contribution in [0.4, 0.5) is 11.4 Å². The fourth-order valence-electron chi connectivity index (χ4n) is 1.62. The van der Waals surface area contributed by atoms with Crippen LogP contribution in [-0.2, 0) is 0 Å². The van der Waals surface area contributed by atoms with Crippen LogP contribution >= 0.6 is 11.6 Å². The predicted molar refractivity (Wildman–Crippen MR) is 83.3 cm³/mol. The van der Waals surface area contributed by atoms with Crippen LogP contribution in [0.3, 0.4) is 0 Å². The van der Waals surface area contributed by atoms with Crippen LogP contribution < -0.4 is 10.7 Å². The maximum absolute atomic E-state index is 5.83. The lowest BCUT2D eigenvalue weighted by molar-refractivity contribution is 1.32. The van der Waals surface area contributed by atoms with Gasteiger partial charge >= 0.3 is 0 Å². The first-order valence-electron chi connectivity index (χ1n) is 6.03. The first-order chi connectivity index (χ1) is 9.19. The highest BCUT2D eigenvalue weighted by Crippen LogP contribution is 2.14. The van der Waals surface area contributed by atoms with Crippen LogP contribution in [0.5, 0.6) is 0 Å². The van der Waals surface area contributed by atoms with Gasteiger partial charge in [-0.1, -0.05) is 23.7 Å². The minimum absolute atomic E-state index is 0.717. The number of anilines is 2. The second-order valence-electron chi connectivity index (χ2n) is 4.14. The number of hydrazone groups is 1. The summed E-state index contributed by atoms with van der Waals surface area (Å²) < 4.78 is 0. The van der Waals surface area contributed by atoms with Crippen molar-refractivity contribution >= 4 is 28.7 Å². The van der Waals surface area contributed by atoms with Crippen LogP contribution in [0.25, 0.3) is 0 Å². The van der Waals surface area contributed by atoms with Gasteiger partial charge in [-0.3, -0.25) is 5.43 Å². The fraction of sp³-hybridized carbons (Fsp3) is 0.133. The molecule has 98 valence electrons. The monoisotopic (exact) mass is 273 g/mol. The zero-order valence-electron chi connectivity index (χ0n) is 10.9. The summed E-state index contributed by atoms with van der Waals surface area (Å²) in [4.78, 5) is 0. The van der Waals surface area contributed by atoms with Crippen molar-refractivity contribution in [1.29, 1.82) is 0 Å². The quantitative estimate of drug-likeness (QED) is 0.646. The SMILES string of the molecule is CNc1ccc(/C(C)=N\Nc2ccc(Cl)cc2)cc1. The van der Waals surface area contributed by atoms with Gasteiger partial charge in [0.25, 0.3) is 0 Å². The molecule has 0 saturated heterocycles. The van der Waals surface area contributed by atoms with Gasteiger partial charge in [-0.2, -0.15) is 5.10 Å². The van der Waals surface area contributed by atoms with E-state index in [-0.39, 0.29) is 0 Å². The Morgan fingerprint density at radius 1 is 0.947 bits per heavy atom. The molecule has 0 aliphatic carbocycles. The Morgan fingerprint density at radius 3 is 2.11 bits per heavy atom. The molecule has 0 radical (unpaired) electrons. The smallest absolute Gasteiger partial charge is 0.0648 e. The van der Waals surface area contributed by atoms with Crippen molar-refractivity contribution in [3.05, 3.63) is 59.1 Å². The third-order valence-electron chi connectivity index (χ3n) is 2.79. The summed E-state index contributed by atoms with van der Waals surface area (Å²) in [5.41, 5.74) is 7.02. The highest BCUT2D eigenvalue weighted by Gasteiger charge is 1.97. The largest absolute Gasteiger partial charge is 0.388 e. The Balaban J connectivity index is 2.07. The van der Waals surface area contributed by atoms with E-state index in [1.165, 1.54) is 0 Å². The maximum atomic E-state index is 5.83. The maximum Gasteiger partial charge on any atom is 0.0648 e. The zero-order valence-corrected chi connectivity index (χ0v) is 11.7. The molecule has 0 aliphatic heterocycles. The van der Waals surface area contributed by atoms with Crippen LogP contribution in [0.1, 0.15) is 12.5 Å². The summed E-state index contributed by atoms with van der Waals surface area (Å²) in [5.74, 6) is 0. The molecule has 0 aliphatic rings. The van der Waals surface area contributed by atoms with E-state index in [0.29, 0.717) is 5.02 Å². The molecule has 19 heavy (non-hydrogen) atoms. The van der Waals surface area contributed by atoms with Gasteiger partial charge in [0.1, 0.15) is 0 Å². The molecule has 0 bridgehead atoms. The average molecular weight is 274 g/mol. The zero-order chi connectivity index (χ0) is 13.7. The molecular formula is C15H16ClN3. The summed E-state index contributed by atoms with van der Waals surface area (Å²) in [6.45, 7) is 1.97. The molecule has 2 aromatic carbocycles. The third-order valence-corrected chi connectivity index (χ3v) is 3.04. The van der Waals surface area contributed by atoms with E-state index in [1.54, 1.807) is 0 Å². The van der Waals surface area contributed by atoms with Gasteiger partial charge < -0.3 is 5.32 Å². The Kier molecular flexibility index (Phi) is 4.42. The fourth-order valence-corrected chi connectivity index (χ4v) is 1.74. The number of hydrogen-bond acceptors (Lipinski definition) is 3. The molecule has 2 aromatic rings. The van der Waals surface area contributed by atoms with E-state index < -0.39 is 0 Å². The summed E-state index contributed by atoms with van der Waals surface area (Å²) in [6.07, 6.45) is 0. The van der Waals surface area contributed by atoms with Crippen molar-refractivity contribution in [2.24, 2.45) is 5.10 Å². The van der Waals surface area contributed by atoms with Gasteiger partial charge in [0.05, 0.1) is 11.4 Å². The molecular weight excluding hydrogens is 258 g/mol. The minimum atomic E-state index is 0.717. The van der Waals surface area contributed by atoms with E-state index in [4.69, 9.17) is 11.6 Å². The Bertz CT molecular complexity index is 559. The summed E-state index contributed by atoms with van der Waals surface area (Å²) in [5, 5.41) is 8.16. The number of benzene rings is 2. The van der Waals surface area contributed by atoms with E-state index in [0.717, 1.165) is 22.6 Å². The highest BCUT2D eigenvalue weighted by atomic mass is 35.5. The predicted octanol–water partition coefficient (Wildman–Crippen LogP) is 4.22. The molecule has 0 heterocycles. The van der Waals surface area contributed by atoms with E-state index in [1.807, 2.05) is 62.5 Å². The second kappa shape index (κ2) is 6.25.